The lowest BCUT2D eigenvalue weighted by Gasteiger charge is -2.25. The van der Waals surface area contributed by atoms with E-state index >= 15 is 0 Å². The van der Waals surface area contributed by atoms with Crippen LogP contribution < -0.4 is 0 Å². The third kappa shape index (κ3) is 4.41. The van der Waals surface area contributed by atoms with E-state index in [1.54, 1.807) is 0 Å². The Labute approximate surface area is 340 Å². The molecule has 276 valence electrons. The molecule has 2 aromatic heterocycles. The summed E-state index contributed by atoms with van der Waals surface area (Å²) in [5.41, 5.74) is 16.0. The maximum atomic E-state index is 6.81. The van der Waals surface area contributed by atoms with E-state index in [0.717, 1.165) is 43.9 Å². The molecule has 10 aromatic carbocycles. The van der Waals surface area contributed by atoms with Gasteiger partial charge in [-0.15, -0.1) is 0 Å². The number of rotatable bonds is 3. The molecule has 0 unspecified atom stereocenters. The molecular formula is C57H36O2. The minimum Gasteiger partial charge on any atom is -0.456 e. The largest absolute Gasteiger partial charge is 0.456 e. The molecule has 0 bridgehead atoms. The summed E-state index contributed by atoms with van der Waals surface area (Å²) in [5.74, 6) is 0. The summed E-state index contributed by atoms with van der Waals surface area (Å²) in [6.45, 7) is 4.78. The number of para-hydroxylation sites is 1. The van der Waals surface area contributed by atoms with Crippen molar-refractivity contribution in [2.45, 2.75) is 19.3 Å². The molecule has 2 heterocycles. The Kier molecular flexibility index (Phi) is 6.54. The Balaban J connectivity index is 1.05. The van der Waals surface area contributed by atoms with Crippen molar-refractivity contribution in [3.05, 3.63) is 193 Å². The molecule has 2 heteroatoms. The number of hydrogen-bond acceptors (Lipinski definition) is 2. The van der Waals surface area contributed by atoms with Crippen LogP contribution >= 0.6 is 0 Å². The van der Waals surface area contributed by atoms with E-state index in [2.05, 4.69) is 178 Å². The standard InChI is InChI=1S/C57H36O2/c1-57(2)46-28-27-34(52-39-21-10-8-19-37(39)51(33-15-4-3-5-16-33)38-20-9-11-22-40(38)52)31-45(46)42-25-14-24-41(56(42)57)44-32-50-53(36-18-7-6-17-35(36)44)55-49(59-50)30-29-48-54(55)43-23-12-13-26-47(43)58-48/h3-32H,1-2H3. The number of furan rings is 2. The first-order chi connectivity index (χ1) is 29.0. The Morgan fingerprint density at radius 1 is 0.322 bits per heavy atom. The van der Waals surface area contributed by atoms with E-state index in [4.69, 9.17) is 8.83 Å². The molecule has 0 saturated heterocycles. The normalized spacial score (nSPS) is 13.4. The van der Waals surface area contributed by atoms with Crippen molar-refractivity contribution >= 4 is 76.2 Å². The van der Waals surface area contributed by atoms with Crippen molar-refractivity contribution in [2.75, 3.05) is 0 Å². The first kappa shape index (κ1) is 32.6. The Morgan fingerprint density at radius 3 is 1.54 bits per heavy atom. The first-order valence-corrected chi connectivity index (χ1v) is 20.5. The van der Waals surface area contributed by atoms with E-state index in [1.807, 2.05) is 18.2 Å². The zero-order valence-corrected chi connectivity index (χ0v) is 32.6. The fraction of sp³-hybridized carbons (Fsp3) is 0.0526. The number of benzene rings is 10. The van der Waals surface area contributed by atoms with Gasteiger partial charge in [0.2, 0.25) is 0 Å². The van der Waals surface area contributed by atoms with Gasteiger partial charge in [0.25, 0.3) is 0 Å². The molecule has 0 fully saturated rings. The maximum Gasteiger partial charge on any atom is 0.136 e. The molecule has 0 saturated carbocycles. The molecular weight excluding hydrogens is 717 g/mol. The third-order valence-electron chi connectivity index (χ3n) is 13.2. The molecule has 12 aromatic rings. The quantitative estimate of drug-likeness (QED) is 0.168. The van der Waals surface area contributed by atoms with E-state index in [-0.39, 0.29) is 5.41 Å². The fourth-order valence-corrected chi connectivity index (χ4v) is 10.8. The van der Waals surface area contributed by atoms with Crippen molar-refractivity contribution in [3.8, 4) is 44.5 Å². The van der Waals surface area contributed by atoms with Gasteiger partial charge in [-0.05, 0) is 118 Å². The van der Waals surface area contributed by atoms with Crippen LogP contribution in [0.15, 0.2) is 191 Å². The lowest BCUT2D eigenvalue weighted by Crippen LogP contribution is -2.16. The summed E-state index contributed by atoms with van der Waals surface area (Å²) >= 11 is 0. The summed E-state index contributed by atoms with van der Waals surface area (Å²) in [4.78, 5) is 0. The van der Waals surface area contributed by atoms with E-state index < -0.39 is 0 Å². The van der Waals surface area contributed by atoms with Crippen molar-refractivity contribution in [2.24, 2.45) is 0 Å². The van der Waals surface area contributed by atoms with Crippen molar-refractivity contribution in [3.63, 3.8) is 0 Å². The molecule has 0 amide bonds. The Bertz CT molecular complexity index is 3690. The van der Waals surface area contributed by atoms with E-state index in [1.165, 1.54) is 88.0 Å². The molecule has 0 N–H and O–H groups in total. The molecule has 0 atom stereocenters. The zero-order valence-electron chi connectivity index (χ0n) is 32.6. The predicted octanol–water partition coefficient (Wildman–Crippen LogP) is 16.3. The minimum absolute atomic E-state index is 0.243. The van der Waals surface area contributed by atoms with Gasteiger partial charge in [-0.25, -0.2) is 0 Å². The van der Waals surface area contributed by atoms with Crippen LogP contribution in [0, 0.1) is 0 Å². The van der Waals surface area contributed by atoms with Crippen LogP contribution in [0.1, 0.15) is 25.0 Å². The van der Waals surface area contributed by atoms with Gasteiger partial charge in [-0.2, -0.15) is 0 Å². The van der Waals surface area contributed by atoms with Gasteiger partial charge in [0.1, 0.15) is 22.3 Å². The monoisotopic (exact) mass is 752 g/mol. The number of fused-ring (bicyclic) bond motifs is 14. The summed E-state index contributed by atoms with van der Waals surface area (Å²) in [5, 5.41) is 11.9. The van der Waals surface area contributed by atoms with Gasteiger partial charge < -0.3 is 8.83 Å². The average Bonchev–Trinajstić information content (AvgIpc) is 3.92. The van der Waals surface area contributed by atoms with Gasteiger partial charge in [0.05, 0.1) is 0 Å². The van der Waals surface area contributed by atoms with Crippen LogP contribution in [0.5, 0.6) is 0 Å². The minimum atomic E-state index is -0.243. The lowest BCUT2D eigenvalue weighted by atomic mass is 9.78. The SMILES string of the molecule is CC1(C)c2ccc(-c3c4ccccc4c(-c4ccccc4)c4ccccc34)cc2-c2cccc(-c3cc4oc5ccc6oc7ccccc7c6c5c4c4ccccc34)c21. The highest BCUT2D eigenvalue weighted by atomic mass is 16.3. The van der Waals surface area contributed by atoms with Crippen molar-refractivity contribution in [1.29, 1.82) is 0 Å². The van der Waals surface area contributed by atoms with Gasteiger partial charge in [-0.1, -0.05) is 166 Å². The highest BCUT2D eigenvalue weighted by Crippen LogP contribution is 2.55. The second-order valence-electron chi connectivity index (χ2n) is 16.7. The van der Waals surface area contributed by atoms with Gasteiger partial charge in [0.15, 0.2) is 0 Å². The van der Waals surface area contributed by atoms with E-state index in [9.17, 15) is 0 Å². The summed E-state index contributed by atoms with van der Waals surface area (Å²) in [6, 6.07) is 66.3. The molecule has 13 rings (SSSR count). The summed E-state index contributed by atoms with van der Waals surface area (Å²) < 4.78 is 13.2. The fourth-order valence-electron chi connectivity index (χ4n) is 10.8. The van der Waals surface area contributed by atoms with Crippen LogP contribution in [0.25, 0.3) is 121 Å². The topological polar surface area (TPSA) is 26.3 Å². The van der Waals surface area contributed by atoms with Crippen LogP contribution in [-0.4, -0.2) is 0 Å². The van der Waals surface area contributed by atoms with Crippen LogP contribution in [0.3, 0.4) is 0 Å². The first-order valence-electron chi connectivity index (χ1n) is 20.5. The van der Waals surface area contributed by atoms with Crippen LogP contribution in [-0.2, 0) is 5.41 Å². The molecule has 2 nitrogen and oxygen atoms in total. The third-order valence-corrected chi connectivity index (χ3v) is 13.2. The van der Waals surface area contributed by atoms with Gasteiger partial charge >= 0.3 is 0 Å². The zero-order chi connectivity index (χ0) is 39.0. The number of hydrogen-bond donors (Lipinski definition) is 0. The molecule has 1 aliphatic carbocycles. The molecule has 1 aliphatic rings. The molecule has 0 spiro atoms. The van der Waals surface area contributed by atoms with Gasteiger partial charge in [-0.3, -0.25) is 0 Å². The Morgan fingerprint density at radius 2 is 0.847 bits per heavy atom. The predicted molar refractivity (Wildman–Crippen MR) is 247 cm³/mol. The van der Waals surface area contributed by atoms with Crippen molar-refractivity contribution < 1.29 is 8.83 Å². The smallest absolute Gasteiger partial charge is 0.136 e. The maximum absolute atomic E-state index is 6.81. The highest BCUT2D eigenvalue weighted by Gasteiger charge is 2.38. The lowest BCUT2D eigenvalue weighted by molar-refractivity contribution is 0.661. The molecule has 0 aliphatic heterocycles. The highest BCUT2D eigenvalue weighted by molar-refractivity contribution is 6.32. The second kappa shape index (κ2) is 11.8. The summed E-state index contributed by atoms with van der Waals surface area (Å²) in [7, 11) is 0. The van der Waals surface area contributed by atoms with Crippen molar-refractivity contribution in [1.82, 2.24) is 0 Å². The van der Waals surface area contributed by atoms with Crippen LogP contribution in [0.2, 0.25) is 0 Å². The van der Waals surface area contributed by atoms with E-state index in [0.29, 0.717) is 0 Å². The Hall–Kier alpha value is -7.42. The average molecular weight is 753 g/mol. The second-order valence-corrected chi connectivity index (χ2v) is 16.7. The molecule has 59 heavy (non-hydrogen) atoms. The summed E-state index contributed by atoms with van der Waals surface area (Å²) in [6.07, 6.45) is 0. The van der Waals surface area contributed by atoms with Crippen LogP contribution in [0.4, 0.5) is 0 Å². The molecule has 0 radical (unpaired) electrons. The van der Waals surface area contributed by atoms with Gasteiger partial charge in [0, 0.05) is 27.0 Å².